The van der Waals surface area contributed by atoms with Gasteiger partial charge in [-0.25, -0.2) is 0 Å². The van der Waals surface area contributed by atoms with Crippen LogP contribution in [0.2, 0.25) is 0 Å². The Labute approximate surface area is 208 Å². The molecule has 36 heavy (non-hydrogen) atoms. The molecule has 3 aliphatic heterocycles. The largest absolute Gasteiger partial charge is 0.351 e. The SMILES string of the molecule is Cc1ccc2cc(C(=O)N3CCC(c4ccc5c(c4)CN(C4CCC(=O)NC4=O)C5=O)CC3)[nH]c2c1. The number of benzene rings is 2. The van der Waals surface area contributed by atoms with E-state index >= 15 is 0 Å². The number of imide groups is 1. The Hall–Kier alpha value is -3.94. The number of amides is 4. The number of nitrogens with one attached hydrogen (secondary N) is 2. The minimum atomic E-state index is -0.603. The van der Waals surface area contributed by atoms with E-state index in [4.69, 9.17) is 0 Å². The first-order chi connectivity index (χ1) is 17.4. The van der Waals surface area contributed by atoms with Crippen molar-refractivity contribution in [2.24, 2.45) is 0 Å². The van der Waals surface area contributed by atoms with Gasteiger partial charge in [0.1, 0.15) is 11.7 Å². The maximum Gasteiger partial charge on any atom is 0.270 e. The van der Waals surface area contributed by atoms with Gasteiger partial charge >= 0.3 is 0 Å². The summed E-state index contributed by atoms with van der Waals surface area (Å²) in [7, 11) is 0. The van der Waals surface area contributed by atoms with E-state index in [-0.39, 0.29) is 24.1 Å². The van der Waals surface area contributed by atoms with Crippen molar-refractivity contribution in [3.05, 3.63) is 70.4 Å². The highest BCUT2D eigenvalue weighted by Crippen LogP contribution is 2.34. The topological polar surface area (TPSA) is 103 Å². The van der Waals surface area contributed by atoms with Crippen LogP contribution >= 0.6 is 0 Å². The summed E-state index contributed by atoms with van der Waals surface area (Å²) in [5.74, 6) is -0.492. The number of hydrogen-bond acceptors (Lipinski definition) is 4. The molecule has 2 N–H and O–H groups in total. The first kappa shape index (κ1) is 22.5. The molecule has 2 fully saturated rings. The maximum atomic E-state index is 13.1. The number of likely N-dealkylation sites (tertiary alicyclic amines) is 1. The second kappa shape index (κ2) is 8.62. The van der Waals surface area contributed by atoms with Crippen LogP contribution in [0.4, 0.5) is 0 Å². The lowest BCUT2D eigenvalue weighted by atomic mass is 9.88. The van der Waals surface area contributed by atoms with Gasteiger partial charge in [-0.05, 0) is 67.0 Å². The van der Waals surface area contributed by atoms with Gasteiger partial charge in [0.15, 0.2) is 0 Å². The van der Waals surface area contributed by atoms with Gasteiger partial charge in [-0.3, -0.25) is 24.5 Å². The number of H-pyrrole nitrogens is 1. The van der Waals surface area contributed by atoms with Crippen LogP contribution in [-0.2, 0) is 16.1 Å². The van der Waals surface area contributed by atoms with E-state index in [1.54, 1.807) is 4.90 Å². The van der Waals surface area contributed by atoms with Gasteiger partial charge in [-0.2, -0.15) is 0 Å². The Morgan fingerprint density at radius 2 is 1.78 bits per heavy atom. The summed E-state index contributed by atoms with van der Waals surface area (Å²) in [5, 5.41) is 3.39. The number of carbonyl (C=O) groups is 4. The molecule has 2 saturated heterocycles. The zero-order chi connectivity index (χ0) is 25.0. The summed E-state index contributed by atoms with van der Waals surface area (Å²) in [6.45, 7) is 3.77. The summed E-state index contributed by atoms with van der Waals surface area (Å²) < 4.78 is 0. The van der Waals surface area contributed by atoms with Gasteiger partial charge in [-0.1, -0.05) is 24.3 Å². The zero-order valence-electron chi connectivity index (χ0n) is 20.2. The van der Waals surface area contributed by atoms with Crippen molar-refractivity contribution < 1.29 is 19.2 Å². The average molecular weight is 485 g/mol. The highest BCUT2D eigenvalue weighted by atomic mass is 16.2. The summed E-state index contributed by atoms with van der Waals surface area (Å²) >= 11 is 0. The van der Waals surface area contributed by atoms with Crippen LogP contribution in [0.15, 0.2) is 42.5 Å². The average Bonchev–Trinajstić information content (AvgIpc) is 3.44. The number of rotatable bonds is 3. The van der Waals surface area contributed by atoms with Crippen LogP contribution < -0.4 is 5.32 Å². The number of piperidine rings is 2. The van der Waals surface area contributed by atoms with E-state index in [1.165, 1.54) is 5.56 Å². The van der Waals surface area contributed by atoms with Gasteiger partial charge in [0.05, 0.1) is 0 Å². The fourth-order valence-electron chi connectivity index (χ4n) is 5.79. The predicted octanol–water partition coefficient (Wildman–Crippen LogP) is 3.26. The van der Waals surface area contributed by atoms with Crippen molar-refractivity contribution in [3.8, 4) is 0 Å². The minimum absolute atomic E-state index is 0.0294. The normalized spacial score (nSPS) is 20.7. The van der Waals surface area contributed by atoms with Crippen molar-refractivity contribution in [3.63, 3.8) is 0 Å². The molecule has 3 aliphatic rings. The molecule has 0 spiro atoms. The molecular formula is C28H28N4O4. The molecule has 184 valence electrons. The van der Waals surface area contributed by atoms with Gasteiger partial charge in [0.2, 0.25) is 11.8 Å². The number of aromatic nitrogens is 1. The lowest BCUT2D eigenvalue weighted by Crippen LogP contribution is -2.52. The Kier molecular flexibility index (Phi) is 5.39. The Balaban J connectivity index is 1.12. The first-order valence-electron chi connectivity index (χ1n) is 12.5. The van der Waals surface area contributed by atoms with Crippen molar-refractivity contribution in [1.82, 2.24) is 20.1 Å². The Morgan fingerprint density at radius 1 is 0.972 bits per heavy atom. The number of nitrogens with zero attached hydrogens (tertiary/aromatic N) is 2. The number of aryl methyl sites for hydroxylation is 1. The number of carbonyl (C=O) groups excluding carboxylic acids is 4. The molecule has 0 aliphatic carbocycles. The van der Waals surface area contributed by atoms with Crippen LogP contribution in [0, 0.1) is 6.92 Å². The summed E-state index contributed by atoms with van der Waals surface area (Å²) in [4.78, 5) is 56.6. The molecule has 1 unspecified atom stereocenters. The van der Waals surface area contributed by atoms with Crippen LogP contribution in [0.3, 0.4) is 0 Å². The second-order valence-corrected chi connectivity index (χ2v) is 10.2. The molecule has 2 aromatic carbocycles. The fraction of sp³-hybridized carbons (Fsp3) is 0.357. The van der Waals surface area contributed by atoms with Crippen LogP contribution in [0.5, 0.6) is 0 Å². The number of fused-ring (bicyclic) bond motifs is 2. The molecule has 0 radical (unpaired) electrons. The van der Waals surface area contributed by atoms with E-state index < -0.39 is 11.9 Å². The van der Waals surface area contributed by atoms with Gasteiger partial charge < -0.3 is 14.8 Å². The third kappa shape index (κ3) is 3.86. The van der Waals surface area contributed by atoms with E-state index in [9.17, 15) is 19.2 Å². The van der Waals surface area contributed by atoms with Crippen molar-refractivity contribution >= 4 is 34.5 Å². The van der Waals surface area contributed by atoms with Gasteiger partial charge in [0, 0.05) is 42.5 Å². The molecule has 8 nitrogen and oxygen atoms in total. The van der Waals surface area contributed by atoms with Crippen LogP contribution in [0.1, 0.15) is 69.1 Å². The van der Waals surface area contributed by atoms with Gasteiger partial charge in [-0.15, -0.1) is 0 Å². The third-order valence-corrected chi connectivity index (χ3v) is 7.81. The van der Waals surface area contributed by atoms with Crippen molar-refractivity contribution in [2.75, 3.05) is 13.1 Å². The highest BCUT2D eigenvalue weighted by molar-refractivity contribution is 6.05. The van der Waals surface area contributed by atoms with E-state index in [0.717, 1.165) is 34.9 Å². The molecule has 0 saturated carbocycles. The lowest BCUT2D eigenvalue weighted by molar-refractivity contribution is -0.136. The summed E-state index contributed by atoms with van der Waals surface area (Å²) in [6, 6.07) is 13.4. The Morgan fingerprint density at radius 3 is 2.56 bits per heavy atom. The minimum Gasteiger partial charge on any atom is -0.351 e. The van der Waals surface area contributed by atoms with Crippen LogP contribution in [-0.4, -0.2) is 57.5 Å². The van der Waals surface area contributed by atoms with Crippen molar-refractivity contribution in [2.45, 2.75) is 51.1 Å². The predicted molar refractivity (Wildman–Crippen MR) is 133 cm³/mol. The quantitative estimate of drug-likeness (QED) is 0.557. The highest BCUT2D eigenvalue weighted by Gasteiger charge is 2.39. The smallest absolute Gasteiger partial charge is 0.270 e. The molecule has 6 rings (SSSR count). The fourth-order valence-corrected chi connectivity index (χ4v) is 5.79. The standard InChI is InChI=1S/C28H28N4O4/c1-16-2-3-19-14-23(29-22(19)12-16)28(36)31-10-8-17(9-11-31)18-4-5-21-20(13-18)15-32(27(21)35)24-6-7-25(33)30-26(24)34/h2-5,12-14,17,24,29H,6-11,15H2,1H3,(H,30,33,34). The number of hydrogen-bond donors (Lipinski definition) is 2. The summed E-state index contributed by atoms with van der Waals surface area (Å²) in [5.41, 5.74) is 5.48. The zero-order valence-corrected chi connectivity index (χ0v) is 20.2. The van der Waals surface area contributed by atoms with Gasteiger partial charge in [0.25, 0.3) is 11.8 Å². The molecule has 1 atom stereocenters. The summed E-state index contributed by atoms with van der Waals surface area (Å²) in [6.07, 6.45) is 2.32. The molecule has 1 aromatic heterocycles. The molecular weight excluding hydrogens is 456 g/mol. The van der Waals surface area contributed by atoms with E-state index in [2.05, 4.69) is 22.4 Å². The maximum absolute atomic E-state index is 13.1. The number of aromatic amines is 1. The van der Waals surface area contributed by atoms with Crippen LogP contribution in [0.25, 0.3) is 10.9 Å². The molecule has 4 heterocycles. The Bertz CT molecular complexity index is 1420. The van der Waals surface area contributed by atoms with E-state index in [0.29, 0.717) is 43.2 Å². The monoisotopic (exact) mass is 484 g/mol. The molecule has 8 heteroatoms. The first-order valence-corrected chi connectivity index (χ1v) is 12.5. The third-order valence-electron chi connectivity index (χ3n) is 7.81. The molecule has 3 aromatic rings. The van der Waals surface area contributed by atoms with Crippen molar-refractivity contribution in [1.29, 1.82) is 0 Å². The second-order valence-electron chi connectivity index (χ2n) is 10.2. The van der Waals surface area contributed by atoms with E-state index in [1.807, 2.05) is 42.2 Å². The molecule has 0 bridgehead atoms. The molecule has 4 amide bonds. The lowest BCUT2D eigenvalue weighted by Gasteiger charge is -2.32.